The molecule has 1 aromatic heterocycles. The first-order chi connectivity index (χ1) is 15.6. The first-order valence-corrected chi connectivity index (χ1v) is 11.1. The molecule has 2 aromatic carbocycles. The van der Waals surface area contributed by atoms with E-state index in [9.17, 15) is 4.79 Å². The van der Waals surface area contributed by atoms with E-state index in [2.05, 4.69) is 10.2 Å². The molecule has 8 heteroatoms. The Morgan fingerprint density at radius 3 is 2.75 bits per heavy atom. The SMILES string of the molecule is COc1cccc(-c2cc(C(=O)NCCCN3CCOCC3)n(-c3cccc(Cl)c3)n2)c1. The molecule has 4 rings (SSSR count). The van der Waals surface area contributed by atoms with E-state index in [1.54, 1.807) is 30.0 Å². The summed E-state index contributed by atoms with van der Waals surface area (Å²) in [7, 11) is 1.62. The molecule has 0 unspecified atom stereocenters. The van der Waals surface area contributed by atoms with E-state index in [4.69, 9.17) is 26.2 Å². The molecule has 0 spiro atoms. The normalized spacial score (nSPS) is 14.3. The Morgan fingerprint density at radius 2 is 1.97 bits per heavy atom. The van der Waals surface area contributed by atoms with Crippen LogP contribution in [0.15, 0.2) is 54.6 Å². The lowest BCUT2D eigenvalue weighted by Crippen LogP contribution is -2.38. The van der Waals surface area contributed by atoms with Crippen LogP contribution in [0.5, 0.6) is 5.75 Å². The molecular formula is C24H27ClN4O3. The number of aromatic nitrogens is 2. The van der Waals surface area contributed by atoms with Crippen LogP contribution in [0.1, 0.15) is 16.9 Å². The quantitative estimate of drug-likeness (QED) is 0.526. The summed E-state index contributed by atoms with van der Waals surface area (Å²) in [5.41, 5.74) is 2.73. The Kier molecular flexibility index (Phi) is 7.42. The highest BCUT2D eigenvalue weighted by molar-refractivity contribution is 6.30. The molecular weight excluding hydrogens is 428 g/mol. The number of rotatable bonds is 8. The fourth-order valence-electron chi connectivity index (χ4n) is 3.69. The lowest BCUT2D eigenvalue weighted by atomic mass is 10.1. The highest BCUT2D eigenvalue weighted by Crippen LogP contribution is 2.26. The van der Waals surface area contributed by atoms with E-state index in [0.717, 1.165) is 56.3 Å². The smallest absolute Gasteiger partial charge is 0.270 e. The second kappa shape index (κ2) is 10.6. The number of halogens is 1. The summed E-state index contributed by atoms with van der Waals surface area (Å²) in [5, 5.41) is 8.33. The molecule has 1 saturated heterocycles. The van der Waals surface area contributed by atoms with Crippen molar-refractivity contribution in [3.05, 3.63) is 65.3 Å². The minimum Gasteiger partial charge on any atom is -0.497 e. The van der Waals surface area contributed by atoms with E-state index in [-0.39, 0.29) is 5.91 Å². The van der Waals surface area contributed by atoms with E-state index in [1.807, 2.05) is 36.4 Å². The molecule has 32 heavy (non-hydrogen) atoms. The van der Waals surface area contributed by atoms with Gasteiger partial charge in [0.2, 0.25) is 0 Å². The Balaban J connectivity index is 1.53. The molecule has 2 heterocycles. The molecule has 0 atom stereocenters. The van der Waals surface area contributed by atoms with E-state index in [0.29, 0.717) is 23.0 Å². The average molecular weight is 455 g/mol. The molecule has 1 amide bonds. The van der Waals surface area contributed by atoms with Gasteiger partial charge in [-0.15, -0.1) is 0 Å². The van der Waals surface area contributed by atoms with Crippen molar-refractivity contribution in [2.45, 2.75) is 6.42 Å². The van der Waals surface area contributed by atoms with Gasteiger partial charge in [0, 0.05) is 30.2 Å². The van der Waals surface area contributed by atoms with Crippen LogP contribution in [0.2, 0.25) is 5.02 Å². The third kappa shape index (κ3) is 5.48. The number of morpholine rings is 1. The summed E-state index contributed by atoms with van der Waals surface area (Å²) in [6.45, 7) is 4.97. The van der Waals surface area contributed by atoms with Crippen molar-refractivity contribution in [3.63, 3.8) is 0 Å². The monoisotopic (exact) mass is 454 g/mol. The number of nitrogens with zero attached hydrogens (tertiary/aromatic N) is 3. The van der Waals surface area contributed by atoms with E-state index < -0.39 is 0 Å². The van der Waals surface area contributed by atoms with Gasteiger partial charge in [-0.05, 0) is 49.4 Å². The van der Waals surface area contributed by atoms with Crippen LogP contribution >= 0.6 is 11.6 Å². The maximum absolute atomic E-state index is 13.1. The molecule has 1 N–H and O–H groups in total. The van der Waals surface area contributed by atoms with E-state index >= 15 is 0 Å². The third-order valence-electron chi connectivity index (χ3n) is 5.40. The van der Waals surface area contributed by atoms with Gasteiger partial charge in [-0.2, -0.15) is 5.10 Å². The van der Waals surface area contributed by atoms with Crippen molar-refractivity contribution in [2.24, 2.45) is 0 Å². The molecule has 0 bridgehead atoms. The predicted octanol–water partition coefficient (Wildman–Crippen LogP) is 3.65. The third-order valence-corrected chi connectivity index (χ3v) is 5.64. The second-order valence-electron chi connectivity index (χ2n) is 7.60. The lowest BCUT2D eigenvalue weighted by Gasteiger charge is -2.26. The number of carbonyl (C=O) groups is 1. The zero-order valence-corrected chi connectivity index (χ0v) is 18.8. The number of nitrogens with one attached hydrogen (secondary N) is 1. The van der Waals surface area contributed by atoms with Gasteiger partial charge in [-0.25, -0.2) is 4.68 Å². The standard InChI is InChI=1S/C24H27ClN4O3/c1-31-21-8-2-5-18(15-21)22-17-23(29(27-22)20-7-3-6-19(25)16-20)24(30)26-9-4-10-28-11-13-32-14-12-28/h2-3,5-8,15-17H,4,9-14H2,1H3,(H,26,30). The van der Waals surface area contributed by atoms with Gasteiger partial charge in [0.25, 0.3) is 5.91 Å². The van der Waals surface area contributed by atoms with Crippen molar-refractivity contribution in [1.29, 1.82) is 0 Å². The number of methoxy groups -OCH3 is 1. The first kappa shape index (κ1) is 22.3. The number of benzene rings is 2. The zero-order valence-electron chi connectivity index (χ0n) is 18.1. The number of amides is 1. The molecule has 0 aliphatic carbocycles. The van der Waals surface area contributed by atoms with Crippen molar-refractivity contribution in [1.82, 2.24) is 20.0 Å². The molecule has 0 radical (unpaired) electrons. The average Bonchev–Trinajstić information content (AvgIpc) is 3.28. The number of hydrogen-bond acceptors (Lipinski definition) is 5. The van der Waals surface area contributed by atoms with E-state index in [1.165, 1.54) is 0 Å². The van der Waals surface area contributed by atoms with Gasteiger partial charge < -0.3 is 14.8 Å². The zero-order chi connectivity index (χ0) is 22.3. The highest BCUT2D eigenvalue weighted by atomic mass is 35.5. The first-order valence-electron chi connectivity index (χ1n) is 10.7. The summed E-state index contributed by atoms with van der Waals surface area (Å²) in [6, 6.07) is 16.7. The molecule has 1 aliphatic rings. The van der Waals surface area contributed by atoms with Gasteiger partial charge in [-0.3, -0.25) is 9.69 Å². The van der Waals surface area contributed by atoms with Gasteiger partial charge in [0.15, 0.2) is 0 Å². The Bertz CT molecular complexity index is 1060. The molecule has 1 fully saturated rings. The second-order valence-corrected chi connectivity index (χ2v) is 8.04. The summed E-state index contributed by atoms with van der Waals surface area (Å²) >= 11 is 6.19. The summed E-state index contributed by atoms with van der Waals surface area (Å²) < 4.78 is 12.4. The number of hydrogen-bond donors (Lipinski definition) is 1. The lowest BCUT2D eigenvalue weighted by molar-refractivity contribution is 0.0374. The molecule has 7 nitrogen and oxygen atoms in total. The van der Waals surface area contributed by atoms with Crippen LogP contribution < -0.4 is 10.1 Å². The van der Waals surface area contributed by atoms with Crippen LogP contribution in [-0.4, -0.2) is 67.1 Å². The summed E-state index contributed by atoms with van der Waals surface area (Å²) in [4.78, 5) is 15.4. The van der Waals surface area contributed by atoms with Crippen molar-refractivity contribution in [3.8, 4) is 22.7 Å². The number of ether oxygens (including phenoxy) is 2. The van der Waals surface area contributed by atoms with Crippen molar-refractivity contribution >= 4 is 17.5 Å². The van der Waals surface area contributed by atoms with Crippen LogP contribution in [0.25, 0.3) is 16.9 Å². The Labute approximate surface area is 192 Å². The topological polar surface area (TPSA) is 68.6 Å². The summed E-state index contributed by atoms with van der Waals surface area (Å²) in [5.74, 6) is 0.558. The maximum Gasteiger partial charge on any atom is 0.270 e. The fourth-order valence-corrected chi connectivity index (χ4v) is 3.88. The van der Waals surface area contributed by atoms with Gasteiger partial charge in [0.1, 0.15) is 11.4 Å². The molecule has 168 valence electrons. The fraction of sp³-hybridized carbons (Fsp3) is 0.333. The number of carbonyl (C=O) groups excluding carboxylic acids is 1. The van der Waals surface area contributed by atoms with Crippen LogP contribution in [-0.2, 0) is 4.74 Å². The van der Waals surface area contributed by atoms with Crippen LogP contribution in [0, 0.1) is 0 Å². The van der Waals surface area contributed by atoms with Gasteiger partial charge >= 0.3 is 0 Å². The minimum absolute atomic E-state index is 0.173. The highest BCUT2D eigenvalue weighted by Gasteiger charge is 2.18. The summed E-state index contributed by atoms with van der Waals surface area (Å²) in [6.07, 6.45) is 0.875. The van der Waals surface area contributed by atoms with Gasteiger partial charge in [0.05, 0.1) is 31.7 Å². The van der Waals surface area contributed by atoms with Crippen molar-refractivity contribution in [2.75, 3.05) is 46.5 Å². The maximum atomic E-state index is 13.1. The minimum atomic E-state index is -0.173. The molecule has 1 aliphatic heterocycles. The van der Waals surface area contributed by atoms with Crippen LogP contribution in [0.3, 0.4) is 0 Å². The Morgan fingerprint density at radius 1 is 1.16 bits per heavy atom. The predicted molar refractivity (Wildman–Crippen MR) is 125 cm³/mol. The molecule has 3 aromatic rings. The largest absolute Gasteiger partial charge is 0.497 e. The Hall–Kier alpha value is -2.87. The molecule has 0 saturated carbocycles. The van der Waals surface area contributed by atoms with Crippen molar-refractivity contribution < 1.29 is 14.3 Å². The van der Waals surface area contributed by atoms with Gasteiger partial charge in [-0.1, -0.05) is 29.8 Å². The van der Waals surface area contributed by atoms with Crippen LogP contribution in [0.4, 0.5) is 0 Å².